The molecule has 3 atom stereocenters. The first-order chi connectivity index (χ1) is 29.0. The predicted octanol–water partition coefficient (Wildman–Crippen LogP) is 6.50. The van der Waals surface area contributed by atoms with Gasteiger partial charge in [0, 0.05) is 55.0 Å². The summed E-state index contributed by atoms with van der Waals surface area (Å²) in [5.74, 6) is -0.503. The summed E-state index contributed by atoms with van der Waals surface area (Å²) in [6, 6.07) is 19.7. The molecular weight excluding hydrogens is 768 g/mol. The number of H-pyrrole nitrogens is 1. The Balaban J connectivity index is 1.09. The number of hydrogen-bond acceptors (Lipinski definition) is 8. The van der Waals surface area contributed by atoms with Gasteiger partial charge >= 0.3 is 11.8 Å². The highest BCUT2D eigenvalue weighted by Gasteiger charge is 2.59. The minimum absolute atomic E-state index is 0.0185. The van der Waals surface area contributed by atoms with E-state index in [-0.39, 0.29) is 54.7 Å². The molecule has 6 aromatic rings. The maximum absolute atomic E-state index is 15.2. The maximum Gasteiger partial charge on any atom is 0.438 e. The predicted molar refractivity (Wildman–Crippen MR) is 222 cm³/mol. The summed E-state index contributed by atoms with van der Waals surface area (Å²) in [6.45, 7) is 9.41. The Morgan fingerprint density at radius 2 is 1.62 bits per heavy atom. The van der Waals surface area contributed by atoms with Crippen molar-refractivity contribution in [3.63, 3.8) is 0 Å². The summed E-state index contributed by atoms with van der Waals surface area (Å²) in [5, 5.41) is 5.03. The molecule has 3 aromatic heterocycles. The van der Waals surface area contributed by atoms with Crippen LogP contribution in [0.15, 0.2) is 80.8 Å². The first-order valence-corrected chi connectivity index (χ1v) is 20.6. The molecule has 0 unspecified atom stereocenters. The number of benzene rings is 3. The van der Waals surface area contributed by atoms with Gasteiger partial charge in [-0.3, -0.25) is 28.9 Å². The second-order valence-electron chi connectivity index (χ2n) is 16.7. The Hall–Kier alpha value is -6.35. The van der Waals surface area contributed by atoms with Gasteiger partial charge in [-0.25, -0.2) is 23.5 Å². The Labute approximate surface area is 344 Å². The van der Waals surface area contributed by atoms with Crippen LogP contribution in [0.5, 0.6) is 0 Å². The van der Waals surface area contributed by atoms with E-state index in [2.05, 4.69) is 35.3 Å². The monoisotopic (exact) mass is 812 g/mol. The Morgan fingerprint density at radius 1 is 0.900 bits per heavy atom. The average molecular weight is 813 g/mol. The fourth-order valence-electron chi connectivity index (χ4n) is 9.85. The SMILES string of the molecule is Cc1cc(-n2c(N3CCN(c4ccccc4)C3=O)nc3c(c2=O)CCN(C(=O)c2cc4cc(C5CCOCC5)ccc4n2[C@@]2(c4noc(=O)[nH]4)C[C@@H]2C)[C@@H]3C)cc(C)c1F. The van der Waals surface area contributed by atoms with Crippen LogP contribution in [0.4, 0.5) is 20.8 Å². The lowest BCUT2D eigenvalue weighted by atomic mass is 9.91. The number of para-hydroxylation sites is 1. The molecule has 4 aliphatic rings. The molecule has 0 radical (unpaired) electrons. The molecule has 3 aromatic carbocycles. The van der Waals surface area contributed by atoms with E-state index in [0.29, 0.717) is 77.4 Å². The molecular formula is C45H45FN8O6. The number of hydrogen-bond donors (Lipinski definition) is 1. The number of anilines is 2. The molecule has 14 nitrogen and oxygen atoms in total. The van der Waals surface area contributed by atoms with Crippen molar-refractivity contribution in [2.75, 3.05) is 42.6 Å². The van der Waals surface area contributed by atoms with Crippen LogP contribution in [0, 0.1) is 25.6 Å². The number of rotatable bonds is 7. The van der Waals surface area contributed by atoms with Crippen LogP contribution in [0.1, 0.15) is 89.3 Å². The standard InChI is InChI=1S/C45H45FN8O6/c1-25-20-33(21-26(2)37(25)46)53-39(55)34-12-15-50(28(4)38(34)47-42(53)52-17-16-51(44(52)58)32-8-6-5-7-9-32)40(56)36-23-31-22-30(29-13-18-59-19-14-29)10-11-35(31)54(36)45(24-27(45)3)41-48-43(57)60-49-41/h5-11,20-23,27-29H,12-19,24H2,1-4H3,(H,48,49,57)/t27-,28+,45-/m0/s1. The lowest BCUT2D eigenvalue weighted by Crippen LogP contribution is -2.45. The van der Waals surface area contributed by atoms with Crippen LogP contribution >= 0.6 is 0 Å². The van der Waals surface area contributed by atoms with Crippen LogP contribution in [0.3, 0.4) is 0 Å². The molecule has 308 valence electrons. The molecule has 0 spiro atoms. The number of carbonyl (C=O) groups is 2. The molecule has 1 aliphatic carbocycles. The van der Waals surface area contributed by atoms with Gasteiger partial charge in [0.05, 0.1) is 17.4 Å². The van der Waals surface area contributed by atoms with Crippen LogP contribution in [0.25, 0.3) is 16.6 Å². The molecule has 10 rings (SSSR count). The molecule has 2 saturated heterocycles. The highest BCUT2D eigenvalue weighted by atomic mass is 19.1. The van der Waals surface area contributed by atoms with E-state index in [4.69, 9.17) is 14.2 Å². The van der Waals surface area contributed by atoms with Crippen molar-refractivity contribution in [1.29, 1.82) is 0 Å². The van der Waals surface area contributed by atoms with Gasteiger partial charge in [0.25, 0.3) is 11.5 Å². The fraction of sp³-hybridized carbons (Fsp3) is 0.378. The largest absolute Gasteiger partial charge is 0.438 e. The molecule has 3 aliphatic heterocycles. The highest BCUT2D eigenvalue weighted by molar-refractivity contribution is 6.05. The minimum atomic E-state index is -0.832. The second kappa shape index (κ2) is 14.1. The van der Waals surface area contributed by atoms with Gasteiger partial charge in [-0.1, -0.05) is 36.3 Å². The van der Waals surface area contributed by atoms with Crippen molar-refractivity contribution in [3.8, 4) is 5.69 Å². The number of nitrogens with zero attached hydrogens (tertiary/aromatic N) is 7. The normalized spacial score (nSPS) is 21.9. The highest BCUT2D eigenvalue weighted by Crippen LogP contribution is 2.56. The minimum Gasteiger partial charge on any atom is -0.381 e. The van der Waals surface area contributed by atoms with E-state index >= 15 is 4.79 Å². The number of halogens is 1. The zero-order chi connectivity index (χ0) is 41.6. The Bertz CT molecular complexity index is 2820. The number of fused-ring (bicyclic) bond motifs is 2. The molecule has 1 N–H and O–H groups in total. The van der Waals surface area contributed by atoms with Crippen molar-refractivity contribution >= 4 is 34.5 Å². The van der Waals surface area contributed by atoms with E-state index in [1.54, 1.807) is 35.8 Å². The second-order valence-corrected chi connectivity index (χ2v) is 16.7. The quantitative estimate of drug-likeness (QED) is 0.192. The lowest BCUT2D eigenvalue weighted by Gasteiger charge is -2.36. The van der Waals surface area contributed by atoms with Crippen molar-refractivity contribution < 1.29 is 23.2 Å². The van der Waals surface area contributed by atoms with Crippen LogP contribution in [-0.4, -0.2) is 73.9 Å². The number of nitrogens with one attached hydrogen (secondary N) is 1. The number of amides is 3. The summed E-state index contributed by atoms with van der Waals surface area (Å²) >= 11 is 0. The fourth-order valence-corrected chi connectivity index (χ4v) is 9.85. The molecule has 3 fully saturated rings. The van der Waals surface area contributed by atoms with Crippen LogP contribution < -0.4 is 21.1 Å². The van der Waals surface area contributed by atoms with Gasteiger partial charge < -0.3 is 14.2 Å². The number of aryl methyl sites for hydroxylation is 2. The topological polar surface area (TPSA) is 152 Å². The van der Waals surface area contributed by atoms with Crippen molar-refractivity contribution in [1.82, 2.24) is 29.2 Å². The van der Waals surface area contributed by atoms with Gasteiger partial charge in [0.1, 0.15) is 17.1 Å². The van der Waals surface area contributed by atoms with Crippen molar-refractivity contribution in [2.24, 2.45) is 5.92 Å². The molecule has 1 saturated carbocycles. The van der Waals surface area contributed by atoms with E-state index in [1.165, 1.54) is 15.0 Å². The summed E-state index contributed by atoms with van der Waals surface area (Å²) in [6.07, 6.45) is 2.64. The Kier molecular flexibility index (Phi) is 8.93. The van der Waals surface area contributed by atoms with E-state index < -0.39 is 17.3 Å². The first-order valence-electron chi connectivity index (χ1n) is 20.6. The third-order valence-corrected chi connectivity index (χ3v) is 13.2. The third-order valence-electron chi connectivity index (χ3n) is 13.2. The van der Waals surface area contributed by atoms with Crippen LogP contribution in [0.2, 0.25) is 0 Å². The Morgan fingerprint density at radius 3 is 2.30 bits per heavy atom. The molecule has 6 heterocycles. The lowest BCUT2D eigenvalue weighted by molar-refractivity contribution is 0.0658. The van der Waals surface area contributed by atoms with Gasteiger partial charge in [-0.2, -0.15) is 0 Å². The molecule has 0 bridgehead atoms. The molecule has 3 amide bonds. The van der Waals surface area contributed by atoms with E-state index in [0.717, 1.165) is 23.7 Å². The average Bonchev–Trinajstić information content (AvgIpc) is 3.58. The first kappa shape index (κ1) is 37.9. The number of aromatic nitrogens is 5. The van der Waals surface area contributed by atoms with Gasteiger partial charge in [-0.05, 0) is 117 Å². The summed E-state index contributed by atoms with van der Waals surface area (Å²) in [7, 11) is 0. The van der Waals surface area contributed by atoms with Crippen LogP contribution in [-0.2, 0) is 16.7 Å². The molecule has 60 heavy (non-hydrogen) atoms. The zero-order valence-electron chi connectivity index (χ0n) is 33.9. The van der Waals surface area contributed by atoms with E-state index in [9.17, 15) is 18.8 Å². The number of urea groups is 1. The number of aromatic amines is 1. The smallest absolute Gasteiger partial charge is 0.381 e. The van der Waals surface area contributed by atoms with E-state index in [1.807, 2.05) is 47.9 Å². The van der Waals surface area contributed by atoms with Gasteiger partial charge in [-0.15, -0.1) is 0 Å². The van der Waals surface area contributed by atoms with Crippen molar-refractivity contribution in [3.05, 3.63) is 133 Å². The number of carbonyl (C=O) groups excluding carboxylic acids is 2. The maximum atomic E-state index is 15.2. The zero-order valence-corrected chi connectivity index (χ0v) is 33.9. The summed E-state index contributed by atoms with van der Waals surface area (Å²) < 4.78 is 29.0. The summed E-state index contributed by atoms with van der Waals surface area (Å²) in [5.41, 5.74) is 3.87. The molecule has 15 heteroatoms. The van der Waals surface area contributed by atoms with Gasteiger partial charge in [0.2, 0.25) is 5.95 Å². The van der Waals surface area contributed by atoms with Gasteiger partial charge in [0.15, 0.2) is 5.82 Å². The number of ether oxygens (including phenoxy) is 1. The van der Waals surface area contributed by atoms with Crippen molar-refractivity contribution in [2.45, 2.75) is 70.9 Å². The summed E-state index contributed by atoms with van der Waals surface area (Å²) in [4.78, 5) is 69.4. The third kappa shape index (κ3) is 5.84.